The summed E-state index contributed by atoms with van der Waals surface area (Å²) < 4.78 is 17.7. The highest BCUT2D eigenvalue weighted by molar-refractivity contribution is 5.92. The molecule has 0 bridgehead atoms. The number of carbonyl (C=O) groups excluding carboxylic acids is 1. The summed E-state index contributed by atoms with van der Waals surface area (Å²) in [5.41, 5.74) is 1.10. The van der Waals surface area contributed by atoms with E-state index in [-0.39, 0.29) is 17.4 Å². The Hall–Kier alpha value is -2.17. The van der Waals surface area contributed by atoms with Gasteiger partial charge in [0.05, 0.1) is 0 Å². The van der Waals surface area contributed by atoms with Gasteiger partial charge in [0.25, 0.3) is 5.91 Å². The molecule has 0 atom stereocenters. The monoisotopic (exact) mass is 248 g/mol. The Kier molecular flexibility index (Phi) is 3.72. The van der Waals surface area contributed by atoms with Crippen LogP contribution in [-0.2, 0) is 6.42 Å². The van der Waals surface area contributed by atoms with Gasteiger partial charge in [-0.15, -0.1) is 0 Å². The molecule has 0 saturated carbocycles. The number of halogens is 1. The molecule has 0 aliphatic rings. The van der Waals surface area contributed by atoms with E-state index >= 15 is 0 Å². The van der Waals surface area contributed by atoms with Crippen LogP contribution in [0.1, 0.15) is 21.8 Å². The molecule has 18 heavy (non-hydrogen) atoms. The summed E-state index contributed by atoms with van der Waals surface area (Å²) in [6, 6.07) is 7.87. The van der Waals surface area contributed by atoms with E-state index in [0.29, 0.717) is 18.7 Å². The quantitative estimate of drug-likeness (QED) is 0.901. The molecule has 2 rings (SSSR count). The Morgan fingerprint density at radius 3 is 2.94 bits per heavy atom. The van der Waals surface area contributed by atoms with Gasteiger partial charge in [-0.05, 0) is 31.0 Å². The van der Waals surface area contributed by atoms with Gasteiger partial charge in [-0.1, -0.05) is 17.3 Å². The molecular weight excluding hydrogens is 235 g/mol. The first kappa shape index (κ1) is 12.3. The van der Waals surface area contributed by atoms with Crippen molar-refractivity contribution in [1.82, 2.24) is 10.5 Å². The maximum absolute atomic E-state index is 12.9. The van der Waals surface area contributed by atoms with Crippen molar-refractivity contribution in [2.75, 3.05) is 6.54 Å². The van der Waals surface area contributed by atoms with Crippen LogP contribution in [0.4, 0.5) is 4.39 Å². The van der Waals surface area contributed by atoms with E-state index in [1.54, 1.807) is 19.1 Å². The van der Waals surface area contributed by atoms with Gasteiger partial charge in [-0.3, -0.25) is 4.79 Å². The Morgan fingerprint density at radius 2 is 2.28 bits per heavy atom. The van der Waals surface area contributed by atoms with E-state index in [2.05, 4.69) is 10.5 Å². The maximum atomic E-state index is 12.9. The number of rotatable bonds is 4. The van der Waals surface area contributed by atoms with Crippen LogP contribution in [-0.4, -0.2) is 17.6 Å². The molecule has 4 nitrogen and oxygen atoms in total. The van der Waals surface area contributed by atoms with Gasteiger partial charge in [0.15, 0.2) is 5.69 Å². The highest BCUT2D eigenvalue weighted by Crippen LogP contribution is 2.04. The van der Waals surface area contributed by atoms with Crippen molar-refractivity contribution in [2.24, 2.45) is 0 Å². The number of nitrogens with one attached hydrogen (secondary N) is 1. The number of nitrogens with zero attached hydrogens (tertiary/aromatic N) is 1. The van der Waals surface area contributed by atoms with Crippen molar-refractivity contribution in [2.45, 2.75) is 13.3 Å². The minimum atomic E-state index is -0.289. The van der Waals surface area contributed by atoms with Gasteiger partial charge >= 0.3 is 0 Å². The molecule has 1 aromatic heterocycles. The molecule has 0 spiro atoms. The van der Waals surface area contributed by atoms with Gasteiger partial charge in [-0.2, -0.15) is 0 Å². The van der Waals surface area contributed by atoms with Crippen molar-refractivity contribution >= 4 is 5.91 Å². The molecular formula is C13H13FN2O2. The van der Waals surface area contributed by atoms with E-state index in [1.807, 2.05) is 6.07 Å². The van der Waals surface area contributed by atoms with Crippen LogP contribution < -0.4 is 5.32 Å². The molecule has 1 heterocycles. The lowest BCUT2D eigenvalue weighted by atomic mass is 10.1. The Labute approximate surface area is 104 Å². The van der Waals surface area contributed by atoms with Gasteiger partial charge in [-0.25, -0.2) is 4.39 Å². The fourth-order valence-corrected chi connectivity index (χ4v) is 1.58. The average Bonchev–Trinajstić information content (AvgIpc) is 2.76. The second-order valence-corrected chi connectivity index (χ2v) is 3.96. The van der Waals surface area contributed by atoms with Gasteiger partial charge in [0, 0.05) is 12.6 Å². The lowest BCUT2D eigenvalue weighted by Gasteiger charge is -2.03. The zero-order chi connectivity index (χ0) is 13.0. The lowest BCUT2D eigenvalue weighted by molar-refractivity contribution is 0.0945. The molecule has 94 valence electrons. The molecule has 0 unspecified atom stereocenters. The topological polar surface area (TPSA) is 55.1 Å². The number of amides is 1. The van der Waals surface area contributed by atoms with Gasteiger partial charge in [0.2, 0.25) is 0 Å². The van der Waals surface area contributed by atoms with Crippen molar-refractivity contribution in [1.29, 1.82) is 0 Å². The summed E-state index contributed by atoms with van der Waals surface area (Å²) >= 11 is 0. The molecule has 0 radical (unpaired) electrons. The Balaban J connectivity index is 1.84. The summed E-state index contributed by atoms with van der Waals surface area (Å²) in [6.07, 6.45) is 0.570. The molecule has 0 aliphatic carbocycles. The first-order valence-electron chi connectivity index (χ1n) is 5.61. The number of benzene rings is 1. The van der Waals surface area contributed by atoms with Crippen molar-refractivity contribution in [3.63, 3.8) is 0 Å². The molecule has 1 N–H and O–H groups in total. The SMILES string of the molecule is Cc1cc(C(=O)NCCc2cccc(F)c2)no1. The van der Waals surface area contributed by atoms with Crippen LogP contribution in [0.5, 0.6) is 0 Å². The minimum absolute atomic E-state index is 0.256. The summed E-state index contributed by atoms with van der Waals surface area (Å²) in [6.45, 7) is 2.14. The number of carbonyl (C=O) groups is 1. The molecule has 1 amide bonds. The average molecular weight is 248 g/mol. The molecule has 1 aromatic carbocycles. The maximum Gasteiger partial charge on any atom is 0.273 e. The fraction of sp³-hybridized carbons (Fsp3) is 0.231. The molecule has 0 aliphatic heterocycles. The zero-order valence-corrected chi connectivity index (χ0v) is 9.94. The normalized spacial score (nSPS) is 10.3. The third-order valence-corrected chi connectivity index (χ3v) is 2.45. The highest BCUT2D eigenvalue weighted by atomic mass is 19.1. The summed E-state index contributed by atoms with van der Waals surface area (Å²) in [4.78, 5) is 11.6. The fourth-order valence-electron chi connectivity index (χ4n) is 1.58. The predicted octanol–water partition coefficient (Wildman–Crippen LogP) is 2.09. The van der Waals surface area contributed by atoms with Crippen LogP contribution in [0.2, 0.25) is 0 Å². The van der Waals surface area contributed by atoms with E-state index in [4.69, 9.17) is 4.52 Å². The van der Waals surface area contributed by atoms with Crippen molar-refractivity contribution in [3.05, 3.63) is 53.2 Å². The smallest absolute Gasteiger partial charge is 0.273 e. The minimum Gasteiger partial charge on any atom is -0.361 e. The second-order valence-electron chi connectivity index (χ2n) is 3.96. The predicted molar refractivity (Wildman–Crippen MR) is 63.7 cm³/mol. The van der Waals surface area contributed by atoms with E-state index < -0.39 is 0 Å². The van der Waals surface area contributed by atoms with Gasteiger partial charge < -0.3 is 9.84 Å². The summed E-state index contributed by atoms with van der Waals surface area (Å²) in [5, 5.41) is 6.30. The number of aryl methyl sites for hydroxylation is 1. The second kappa shape index (κ2) is 5.44. The number of hydrogen-bond donors (Lipinski definition) is 1. The van der Waals surface area contributed by atoms with Crippen LogP contribution in [0.3, 0.4) is 0 Å². The van der Waals surface area contributed by atoms with Crippen LogP contribution in [0, 0.1) is 12.7 Å². The third-order valence-electron chi connectivity index (χ3n) is 2.45. The van der Waals surface area contributed by atoms with Crippen molar-refractivity contribution < 1.29 is 13.7 Å². The molecule has 0 saturated heterocycles. The largest absolute Gasteiger partial charge is 0.361 e. The Morgan fingerprint density at radius 1 is 1.44 bits per heavy atom. The number of hydrogen-bond acceptors (Lipinski definition) is 3. The summed E-state index contributed by atoms with van der Waals surface area (Å²) in [7, 11) is 0. The van der Waals surface area contributed by atoms with E-state index in [0.717, 1.165) is 5.56 Å². The van der Waals surface area contributed by atoms with E-state index in [1.165, 1.54) is 12.1 Å². The molecule has 0 fully saturated rings. The Bertz CT molecular complexity index is 551. The van der Waals surface area contributed by atoms with Crippen molar-refractivity contribution in [3.8, 4) is 0 Å². The van der Waals surface area contributed by atoms with Crippen LogP contribution in [0.15, 0.2) is 34.9 Å². The number of aromatic nitrogens is 1. The zero-order valence-electron chi connectivity index (χ0n) is 9.94. The lowest BCUT2D eigenvalue weighted by Crippen LogP contribution is -2.25. The standard InChI is InChI=1S/C13H13FN2O2/c1-9-7-12(16-18-9)13(17)15-6-5-10-3-2-4-11(14)8-10/h2-4,7-8H,5-6H2,1H3,(H,15,17). The first-order valence-corrected chi connectivity index (χ1v) is 5.61. The highest BCUT2D eigenvalue weighted by Gasteiger charge is 2.09. The molecule has 5 heteroatoms. The van der Waals surface area contributed by atoms with Crippen LogP contribution >= 0.6 is 0 Å². The van der Waals surface area contributed by atoms with E-state index in [9.17, 15) is 9.18 Å². The van der Waals surface area contributed by atoms with Crippen LogP contribution in [0.25, 0.3) is 0 Å². The summed E-state index contributed by atoms with van der Waals surface area (Å²) in [5.74, 6) is 0.0273. The molecule has 2 aromatic rings. The van der Waals surface area contributed by atoms with Gasteiger partial charge in [0.1, 0.15) is 11.6 Å². The third kappa shape index (κ3) is 3.16. The first-order chi connectivity index (χ1) is 8.65.